The van der Waals surface area contributed by atoms with Crippen molar-refractivity contribution >= 4 is 5.84 Å². The van der Waals surface area contributed by atoms with Gasteiger partial charge in [0.15, 0.2) is 5.84 Å². The van der Waals surface area contributed by atoms with Crippen molar-refractivity contribution in [2.75, 3.05) is 0 Å². The monoisotopic (exact) mass is 265 g/mol. The molecule has 0 aliphatic heterocycles. The number of hydrogen-bond donors (Lipinski definition) is 2. The van der Waals surface area contributed by atoms with Gasteiger partial charge in [-0.05, 0) is 44.7 Å². The van der Waals surface area contributed by atoms with Gasteiger partial charge in [-0.3, -0.25) is 0 Å². The van der Waals surface area contributed by atoms with E-state index in [1.807, 2.05) is 26.8 Å². The number of aromatic nitrogens is 1. The molecule has 3 N–H and O–H groups in total. The fourth-order valence-electron chi connectivity index (χ4n) is 2.15. The SMILES string of the molecule is Cc1cc(C)c(C(N)=NO)c(OC(C)CC(C)C)n1. The molecule has 0 saturated carbocycles. The Balaban J connectivity index is 3.11. The lowest BCUT2D eigenvalue weighted by Crippen LogP contribution is -2.21. The smallest absolute Gasteiger partial charge is 0.225 e. The lowest BCUT2D eigenvalue weighted by Gasteiger charge is -2.19. The Hall–Kier alpha value is -1.78. The predicted octanol–water partition coefficient (Wildman–Crippen LogP) is 2.61. The fourth-order valence-corrected chi connectivity index (χ4v) is 2.15. The van der Waals surface area contributed by atoms with E-state index >= 15 is 0 Å². The maximum Gasteiger partial charge on any atom is 0.225 e. The molecule has 5 nitrogen and oxygen atoms in total. The van der Waals surface area contributed by atoms with Crippen LogP contribution in [0.15, 0.2) is 11.2 Å². The van der Waals surface area contributed by atoms with Gasteiger partial charge >= 0.3 is 0 Å². The molecule has 1 rings (SSSR count). The van der Waals surface area contributed by atoms with Crippen molar-refractivity contribution in [3.8, 4) is 5.88 Å². The Bertz CT molecular complexity index is 470. The van der Waals surface area contributed by atoms with Gasteiger partial charge in [0.1, 0.15) is 0 Å². The first-order valence-corrected chi connectivity index (χ1v) is 6.48. The summed E-state index contributed by atoms with van der Waals surface area (Å²) in [4.78, 5) is 4.36. The Morgan fingerprint density at radius 2 is 2.05 bits per heavy atom. The molecule has 0 aromatic carbocycles. The highest BCUT2D eigenvalue weighted by Crippen LogP contribution is 2.23. The van der Waals surface area contributed by atoms with Crippen molar-refractivity contribution in [2.24, 2.45) is 16.8 Å². The Morgan fingerprint density at radius 3 is 2.58 bits per heavy atom. The number of amidine groups is 1. The van der Waals surface area contributed by atoms with Crippen LogP contribution in [0.4, 0.5) is 0 Å². The van der Waals surface area contributed by atoms with E-state index in [9.17, 15) is 0 Å². The lowest BCUT2D eigenvalue weighted by atomic mass is 10.1. The molecule has 0 aliphatic carbocycles. The van der Waals surface area contributed by atoms with Gasteiger partial charge in [0.25, 0.3) is 0 Å². The molecule has 1 unspecified atom stereocenters. The van der Waals surface area contributed by atoms with Crippen LogP contribution in [0.5, 0.6) is 5.88 Å². The van der Waals surface area contributed by atoms with Gasteiger partial charge in [0.2, 0.25) is 5.88 Å². The summed E-state index contributed by atoms with van der Waals surface area (Å²) in [5.41, 5.74) is 7.99. The van der Waals surface area contributed by atoms with E-state index in [4.69, 9.17) is 15.7 Å². The van der Waals surface area contributed by atoms with Crippen LogP contribution in [0.1, 0.15) is 44.0 Å². The van der Waals surface area contributed by atoms with Gasteiger partial charge in [0, 0.05) is 5.69 Å². The molecule has 0 spiro atoms. The minimum Gasteiger partial charge on any atom is -0.474 e. The van der Waals surface area contributed by atoms with Crippen LogP contribution in [0.2, 0.25) is 0 Å². The number of ether oxygens (including phenoxy) is 1. The highest BCUT2D eigenvalue weighted by atomic mass is 16.5. The normalized spacial score (nSPS) is 13.7. The van der Waals surface area contributed by atoms with E-state index in [0.29, 0.717) is 17.4 Å². The number of aryl methyl sites for hydroxylation is 2. The third kappa shape index (κ3) is 4.12. The molecule has 0 amide bonds. The molecule has 0 aliphatic rings. The second-order valence-corrected chi connectivity index (χ2v) is 5.30. The predicted molar refractivity (Wildman–Crippen MR) is 75.8 cm³/mol. The number of rotatable bonds is 5. The molecule has 19 heavy (non-hydrogen) atoms. The summed E-state index contributed by atoms with van der Waals surface area (Å²) in [6.45, 7) is 10.1. The third-order valence-electron chi connectivity index (χ3n) is 2.79. The zero-order valence-corrected chi connectivity index (χ0v) is 12.3. The first kappa shape index (κ1) is 15.3. The summed E-state index contributed by atoms with van der Waals surface area (Å²) in [6, 6.07) is 1.88. The first-order chi connectivity index (χ1) is 8.85. The van der Waals surface area contributed by atoms with Crippen LogP contribution in [0.3, 0.4) is 0 Å². The fraction of sp³-hybridized carbons (Fsp3) is 0.571. The second kappa shape index (κ2) is 6.41. The van der Waals surface area contributed by atoms with Crippen molar-refractivity contribution < 1.29 is 9.94 Å². The van der Waals surface area contributed by atoms with E-state index in [2.05, 4.69) is 24.0 Å². The van der Waals surface area contributed by atoms with Gasteiger partial charge in [0.05, 0.1) is 11.7 Å². The molecule has 1 atom stereocenters. The quantitative estimate of drug-likeness (QED) is 0.371. The highest BCUT2D eigenvalue weighted by Gasteiger charge is 2.17. The van der Waals surface area contributed by atoms with E-state index in [-0.39, 0.29) is 11.9 Å². The average molecular weight is 265 g/mol. The van der Waals surface area contributed by atoms with Gasteiger partial charge in [-0.1, -0.05) is 19.0 Å². The zero-order chi connectivity index (χ0) is 14.6. The van der Waals surface area contributed by atoms with Crippen molar-refractivity contribution in [1.82, 2.24) is 4.98 Å². The van der Waals surface area contributed by atoms with Crippen LogP contribution in [0.25, 0.3) is 0 Å². The number of pyridine rings is 1. The molecule has 1 aromatic heterocycles. The summed E-state index contributed by atoms with van der Waals surface area (Å²) < 4.78 is 5.86. The summed E-state index contributed by atoms with van der Waals surface area (Å²) in [7, 11) is 0. The van der Waals surface area contributed by atoms with E-state index in [1.54, 1.807) is 0 Å². The van der Waals surface area contributed by atoms with Crippen molar-refractivity contribution in [1.29, 1.82) is 0 Å². The maximum absolute atomic E-state index is 8.87. The van der Waals surface area contributed by atoms with E-state index in [0.717, 1.165) is 17.7 Å². The van der Waals surface area contributed by atoms with Crippen molar-refractivity contribution in [3.05, 3.63) is 22.9 Å². The summed E-state index contributed by atoms with van der Waals surface area (Å²) in [5.74, 6) is 0.992. The third-order valence-corrected chi connectivity index (χ3v) is 2.79. The average Bonchev–Trinajstić information content (AvgIpc) is 2.26. The summed E-state index contributed by atoms with van der Waals surface area (Å²) in [5, 5.41) is 11.9. The molecule has 106 valence electrons. The molecule has 0 saturated heterocycles. The highest BCUT2D eigenvalue weighted by molar-refractivity contribution is 6.00. The van der Waals surface area contributed by atoms with Gasteiger partial charge in [-0.2, -0.15) is 0 Å². The second-order valence-electron chi connectivity index (χ2n) is 5.30. The van der Waals surface area contributed by atoms with Gasteiger partial charge in [-0.25, -0.2) is 4.98 Å². The Kier molecular flexibility index (Phi) is 5.15. The van der Waals surface area contributed by atoms with Crippen LogP contribution in [-0.2, 0) is 0 Å². The first-order valence-electron chi connectivity index (χ1n) is 6.48. The number of nitrogens with two attached hydrogens (primary N) is 1. The molecule has 1 aromatic rings. The number of hydrogen-bond acceptors (Lipinski definition) is 4. The standard InChI is InChI=1S/C14H23N3O2/c1-8(2)6-11(5)19-14-12(13(15)17-18)9(3)7-10(4)16-14/h7-8,11,18H,6H2,1-5H3,(H2,15,17). The number of nitrogens with zero attached hydrogens (tertiary/aromatic N) is 2. The van der Waals surface area contributed by atoms with Gasteiger partial charge < -0.3 is 15.7 Å². The van der Waals surface area contributed by atoms with E-state index in [1.165, 1.54) is 0 Å². The van der Waals surface area contributed by atoms with Crippen LogP contribution >= 0.6 is 0 Å². The Labute approximate surface area is 114 Å². The summed E-state index contributed by atoms with van der Waals surface area (Å²) in [6.07, 6.45) is 0.948. The zero-order valence-electron chi connectivity index (χ0n) is 12.3. The maximum atomic E-state index is 8.87. The van der Waals surface area contributed by atoms with Gasteiger partial charge in [-0.15, -0.1) is 0 Å². The number of oxime groups is 1. The van der Waals surface area contributed by atoms with Crippen LogP contribution in [-0.4, -0.2) is 22.1 Å². The molecular formula is C14H23N3O2. The van der Waals surface area contributed by atoms with E-state index < -0.39 is 0 Å². The molecule has 0 radical (unpaired) electrons. The topological polar surface area (TPSA) is 80.7 Å². The molecule has 0 fully saturated rings. The van der Waals surface area contributed by atoms with Crippen molar-refractivity contribution in [2.45, 2.75) is 47.1 Å². The van der Waals surface area contributed by atoms with Crippen molar-refractivity contribution in [3.63, 3.8) is 0 Å². The van der Waals surface area contributed by atoms with Crippen LogP contribution in [0, 0.1) is 19.8 Å². The minimum atomic E-state index is 0.0248. The Morgan fingerprint density at radius 1 is 1.42 bits per heavy atom. The molecule has 1 heterocycles. The molecule has 0 bridgehead atoms. The largest absolute Gasteiger partial charge is 0.474 e. The van der Waals surface area contributed by atoms with Crippen LogP contribution < -0.4 is 10.5 Å². The molecule has 5 heteroatoms. The lowest BCUT2D eigenvalue weighted by molar-refractivity contribution is 0.185. The minimum absolute atomic E-state index is 0.0248. The molecular weight excluding hydrogens is 242 g/mol. The summed E-state index contributed by atoms with van der Waals surface area (Å²) >= 11 is 0.